The summed E-state index contributed by atoms with van der Waals surface area (Å²) in [6.45, 7) is 1.46. The van der Waals surface area contributed by atoms with Gasteiger partial charge in [-0.2, -0.15) is 0 Å². The largest absolute Gasteiger partial charge is 0.493 e. The van der Waals surface area contributed by atoms with Crippen LogP contribution in [-0.4, -0.2) is 54.4 Å². The number of hydrogen-bond donors (Lipinski definition) is 2. The van der Waals surface area contributed by atoms with Crippen molar-refractivity contribution in [1.29, 1.82) is 0 Å². The van der Waals surface area contributed by atoms with Gasteiger partial charge in [0.2, 0.25) is 5.91 Å². The molecule has 0 spiro atoms. The standard InChI is InChI=1S/C18H22N2O5/c21-14-8-13(9-14)17(12-1-2-15-11(7-12)3-5-24-15)19-16(22)10-20-4-6-25-18(20)23/h1-2,7,13-14,17,21H,3-6,8-10H2,(H,19,22). The van der Waals surface area contributed by atoms with Crippen molar-refractivity contribution >= 4 is 12.0 Å². The lowest BCUT2D eigenvalue weighted by Gasteiger charge is -2.38. The molecule has 3 aliphatic rings. The SMILES string of the molecule is O=C(CN1CCOC1=O)NC(c1ccc2c(c1)CCO2)C1CC(O)C1. The van der Waals surface area contributed by atoms with Gasteiger partial charge in [-0.25, -0.2) is 4.79 Å². The van der Waals surface area contributed by atoms with Crippen LogP contribution in [0.3, 0.4) is 0 Å². The Hall–Kier alpha value is -2.28. The van der Waals surface area contributed by atoms with E-state index in [4.69, 9.17) is 9.47 Å². The molecule has 7 nitrogen and oxygen atoms in total. The van der Waals surface area contributed by atoms with Gasteiger partial charge in [0.15, 0.2) is 0 Å². The van der Waals surface area contributed by atoms with E-state index in [1.165, 1.54) is 4.90 Å². The van der Waals surface area contributed by atoms with Crippen LogP contribution in [-0.2, 0) is 16.0 Å². The van der Waals surface area contributed by atoms with Crippen LogP contribution in [0.15, 0.2) is 18.2 Å². The summed E-state index contributed by atoms with van der Waals surface area (Å²) in [4.78, 5) is 25.4. The van der Waals surface area contributed by atoms with Gasteiger partial charge in [-0.05, 0) is 42.0 Å². The Kier molecular flexibility index (Phi) is 4.25. The summed E-state index contributed by atoms with van der Waals surface area (Å²) in [6.07, 6.45) is 1.47. The van der Waals surface area contributed by atoms with Crippen LogP contribution in [0.2, 0.25) is 0 Å². The summed E-state index contributed by atoms with van der Waals surface area (Å²) in [5.41, 5.74) is 2.18. The number of nitrogens with zero attached hydrogens (tertiary/aromatic N) is 1. The van der Waals surface area contributed by atoms with Crippen molar-refractivity contribution in [2.24, 2.45) is 5.92 Å². The number of amides is 2. The highest BCUT2D eigenvalue weighted by Crippen LogP contribution is 2.39. The Morgan fingerprint density at radius 2 is 2.16 bits per heavy atom. The molecule has 7 heteroatoms. The third-order valence-electron chi connectivity index (χ3n) is 5.19. The topological polar surface area (TPSA) is 88.1 Å². The Balaban J connectivity index is 1.48. The first-order chi connectivity index (χ1) is 12.1. The van der Waals surface area contributed by atoms with Gasteiger partial charge < -0.3 is 19.9 Å². The number of rotatable bonds is 5. The molecule has 2 heterocycles. The van der Waals surface area contributed by atoms with Gasteiger partial charge in [-0.3, -0.25) is 9.69 Å². The molecule has 1 unspecified atom stereocenters. The third-order valence-corrected chi connectivity index (χ3v) is 5.19. The van der Waals surface area contributed by atoms with Gasteiger partial charge in [-0.15, -0.1) is 0 Å². The molecule has 1 saturated heterocycles. The highest BCUT2D eigenvalue weighted by atomic mass is 16.6. The molecule has 1 aliphatic carbocycles. The quantitative estimate of drug-likeness (QED) is 0.830. The summed E-state index contributed by atoms with van der Waals surface area (Å²) < 4.78 is 10.4. The fraction of sp³-hybridized carbons (Fsp3) is 0.556. The molecule has 2 aliphatic heterocycles. The Bertz CT molecular complexity index is 686. The molecule has 1 aromatic rings. The molecule has 0 radical (unpaired) electrons. The molecule has 1 atom stereocenters. The van der Waals surface area contributed by atoms with Gasteiger partial charge in [0.25, 0.3) is 0 Å². The number of nitrogens with one attached hydrogen (secondary N) is 1. The van der Waals surface area contributed by atoms with Crippen molar-refractivity contribution in [1.82, 2.24) is 10.2 Å². The number of fused-ring (bicyclic) bond motifs is 1. The number of carbonyl (C=O) groups excluding carboxylic acids is 2. The zero-order valence-corrected chi connectivity index (χ0v) is 13.9. The van der Waals surface area contributed by atoms with E-state index in [1.54, 1.807) is 0 Å². The minimum absolute atomic E-state index is 0.00133. The second kappa shape index (κ2) is 6.55. The molecule has 0 aromatic heterocycles. The third kappa shape index (κ3) is 3.28. The molecular formula is C18H22N2O5. The molecule has 2 N–H and O–H groups in total. The fourth-order valence-electron chi connectivity index (χ4n) is 3.74. The first-order valence-electron chi connectivity index (χ1n) is 8.75. The van der Waals surface area contributed by atoms with E-state index in [-0.39, 0.29) is 30.5 Å². The molecule has 2 amide bonds. The lowest BCUT2D eigenvalue weighted by molar-refractivity contribution is -0.123. The second-order valence-electron chi connectivity index (χ2n) is 6.93. The van der Waals surface area contributed by atoms with Gasteiger partial charge in [-0.1, -0.05) is 6.07 Å². The maximum absolute atomic E-state index is 12.4. The molecule has 134 valence electrons. The van der Waals surface area contributed by atoms with Crippen molar-refractivity contribution in [3.63, 3.8) is 0 Å². The zero-order valence-electron chi connectivity index (χ0n) is 13.9. The van der Waals surface area contributed by atoms with E-state index in [9.17, 15) is 14.7 Å². The number of cyclic esters (lactones) is 1. The number of aliphatic hydroxyl groups is 1. The maximum atomic E-state index is 12.4. The van der Waals surface area contributed by atoms with Gasteiger partial charge in [0.05, 0.1) is 25.3 Å². The zero-order chi connectivity index (χ0) is 17.4. The van der Waals surface area contributed by atoms with E-state index in [0.717, 1.165) is 23.3 Å². The van der Waals surface area contributed by atoms with E-state index in [0.29, 0.717) is 32.6 Å². The highest BCUT2D eigenvalue weighted by Gasteiger charge is 2.36. The molecule has 0 bridgehead atoms. The van der Waals surface area contributed by atoms with Crippen molar-refractivity contribution < 1.29 is 24.2 Å². The lowest BCUT2D eigenvalue weighted by Crippen LogP contribution is -2.45. The Morgan fingerprint density at radius 1 is 1.32 bits per heavy atom. The van der Waals surface area contributed by atoms with E-state index in [1.807, 2.05) is 12.1 Å². The van der Waals surface area contributed by atoms with Crippen LogP contribution < -0.4 is 10.1 Å². The van der Waals surface area contributed by atoms with Crippen molar-refractivity contribution in [2.45, 2.75) is 31.4 Å². The van der Waals surface area contributed by atoms with Gasteiger partial charge >= 0.3 is 6.09 Å². The summed E-state index contributed by atoms with van der Waals surface area (Å²) in [5.74, 6) is 0.897. The molecular weight excluding hydrogens is 324 g/mol. The molecule has 1 saturated carbocycles. The predicted octanol–water partition coefficient (Wildman–Crippen LogP) is 1.00. The first kappa shape index (κ1) is 16.2. The van der Waals surface area contributed by atoms with Crippen LogP contribution in [0.5, 0.6) is 5.75 Å². The van der Waals surface area contributed by atoms with Gasteiger partial charge in [0.1, 0.15) is 18.9 Å². The monoisotopic (exact) mass is 346 g/mol. The minimum Gasteiger partial charge on any atom is -0.493 e. The summed E-state index contributed by atoms with van der Waals surface area (Å²) >= 11 is 0. The van der Waals surface area contributed by atoms with Crippen LogP contribution in [0.1, 0.15) is 30.0 Å². The van der Waals surface area contributed by atoms with Crippen molar-refractivity contribution in [2.75, 3.05) is 26.3 Å². The maximum Gasteiger partial charge on any atom is 0.410 e. The number of benzene rings is 1. The summed E-state index contributed by atoms with van der Waals surface area (Å²) in [5, 5.41) is 12.7. The van der Waals surface area contributed by atoms with Gasteiger partial charge in [0, 0.05) is 6.42 Å². The number of carbonyl (C=O) groups is 2. The number of ether oxygens (including phenoxy) is 2. The molecule has 2 fully saturated rings. The Labute approximate surface area is 145 Å². The average molecular weight is 346 g/mol. The van der Waals surface area contributed by atoms with E-state index in [2.05, 4.69) is 11.4 Å². The summed E-state index contributed by atoms with van der Waals surface area (Å²) in [7, 11) is 0. The predicted molar refractivity (Wildman–Crippen MR) is 88.2 cm³/mol. The van der Waals surface area contributed by atoms with Crippen LogP contribution in [0, 0.1) is 5.92 Å². The smallest absolute Gasteiger partial charge is 0.410 e. The second-order valence-corrected chi connectivity index (χ2v) is 6.93. The van der Waals surface area contributed by atoms with Crippen molar-refractivity contribution in [3.8, 4) is 5.75 Å². The minimum atomic E-state index is -0.444. The van der Waals surface area contributed by atoms with Crippen LogP contribution >= 0.6 is 0 Å². The van der Waals surface area contributed by atoms with Crippen molar-refractivity contribution in [3.05, 3.63) is 29.3 Å². The summed E-state index contributed by atoms with van der Waals surface area (Å²) in [6, 6.07) is 5.84. The van der Waals surface area contributed by atoms with Crippen LogP contribution in [0.4, 0.5) is 4.79 Å². The lowest BCUT2D eigenvalue weighted by atomic mass is 9.75. The Morgan fingerprint density at radius 3 is 2.88 bits per heavy atom. The van der Waals surface area contributed by atoms with E-state index >= 15 is 0 Å². The highest BCUT2D eigenvalue weighted by molar-refractivity contribution is 5.83. The van der Waals surface area contributed by atoms with E-state index < -0.39 is 6.09 Å². The normalized spacial score (nSPS) is 25.6. The number of hydrogen-bond acceptors (Lipinski definition) is 5. The molecule has 25 heavy (non-hydrogen) atoms. The fourth-order valence-corrected chi connectivity index (χ4v) is 3.74. The average Bonchev–Trinajstić information content (AvgIpc) is 3.18. The molecule has 1 aromatic carbocycles. The number of aliphatic hydroxyl groups excluding tert-OH is 1. The molecule has 4 rings (SSSR count). The first-order valence-corrected chi connectivity index (χ1v) is 8.75. The van der Waals surface area contributed by atoms with Crippen LogP contribution in [0.25, 0.3) is 0 Å².